The van der Waals surface area contributed by atoms with Crippen molar-refractivity contribution < 1.29 is 23.5 Å². The van der Waals surface area contributed by atoms with Crippen LogP contribution in [0.25, 0.3) is 0 Å². The topological polar surface area (TPSA) is 92.5 Å². The molecule has 2 heterocycles. The van der Waals surface area contributed by atoms with Crippen LogP contribution < -0.4 is 10.5 Å². The first-order valence-corrected chi connectivity index (χ1v) is 11.3. The molecule has 7 nitrogen and oxygen atoms in total. The van der Waals surface area contributed by atoms with Crippen molar-refractivity contribution in [3.05, 3.63) is 51.6 Å². The molecular weight excluding hydrogens is 432 g/mol. The quantitative estimate of drug-likeness (QED) is 0.728. The summed E-state index contributed by atoms with van der Waals surface area (Å²) >= 11 is 0. The smallest absolute Gasteiger partial charge is 0.303 e. The van der Waals surface area contributed by atoms with E-state index in [-0.39, 0.29) is 46.9 Å². The lowest BCUT2D eigenvalue weighted by molar-refractivity contribution is -0.138. The number of nitrogens with zero attached hydrogens (tertiary/aromatic N) is 3. The van der Waals surface area contributed by atoms with Gasteiger partial charge in [-0.25, -0.2) is 13.8 Å². The number of carbonyl (C=O) groups excluding carboxylic acids is 1. The van der Waals surface area contributed by atoms with Crippen LogP contribution in [-0.2, 0) is 15.0 Å². The van der Waals surface area contributed by atoms with Gasteiger partial charge in [0.25, 0.3) is 5.56 Å². The van der Waals surface area contributed by atoms with Gasteiger partial charge in [-0.1, -0.05) is 6.42 Å². The number of amides is 1. The van der Waals surface area contributed by atoms with Gasteiger partial charge >= 0.3 is 5.97 Å². The molecule has 1 aliphatic heterocycles. The lowest BCUT2D eigenvalue weighted by Crippen LogP contribution is -2.39. The molecule has 2 atom stereocenters. The van der Waals surface area contributed by atoms with Gasteiger partial charge in [0.1, 0.15) is 11.6 Å². The molecule has 0 spiro atoms. The first-order chi connectivity index (χ1) is 15.6. The monoisotopic (exact) mass is 457 g/mol. The van der Waals surface area contributed by atoms with Crippen molar-refractivity contribution in [3.63, 3.8) is 0 Å². The Bertz CT molecular complexity index is 1230. The average Bonchev–Trinajstić information content (AvgIpc) is 3.45. The van der Waals surface area contributed by atoms with Crippen molar-refractivity contribution in [2.24, 2.45) is 5.92 Å². The predicted octanol–water partition coefficient (Wildman–Crippen LogP) is 4.17. The third-order valence-electron chi connectivity index (χ3n) is 7.30. The number of benzene rings is 1. The molecule has 0 unspecified atom stereocenters. The molecule has 1 N–H and O–H groups in total. The zero-order valence-corrected chi connectivity index (χ0v) is 18.5. The summed E-state index contributed by atoms with van der Waals surface area (Å²) in [4.78, 5) is 43.1. The van der Waals surface area contributed by atoms with Crippen molar-refractivity contribution in [1.29, 1.82) is 0 Å². The van der Waals surface area contributed by atoms with Crippen LogP contribution in [0.4, 0.5) is 20.3 Å². The maximum atomic E-state index is 15.5. The summed E-state index contributed by atoms with van der Waals surface area (Å²) in [7, 11) is 0. The minimum Gasteiger partial charge on any atom is -0.481 e. The summed E-state index contributed by atoms with van der Waals surface area (Å²) in [5.74, 6) is -3.50. The van der Waals surface area contributed by atoms with Gasteiger partial charge in [-0.2, -0.15) is 0 Å². The number of fused-ring (bicyclic) bond motifs is 1. The molecule has 0 radical (unpaired) electrons. The normalized spacial score (nSPS) is 23.8. The first kappa shape index (κ1) is 21.7. The average molecular weight is 457 g/mol. The Hall–Kier alpha value is -3.10. The van der Waals surface area contributed by atoms with Gasteiger partial charge in [0, 0.05) is 24.0 Å². The number of hydrogen-bond donors (Lipinski definition) is 1. The van der Waals surface area contributed by atoms with E-state index >= 15 is 8.78 Å². The molecule has 5 rings (SSSR count). The highest BCUT2D eigenvalue weighted by Gasteiger charge is 2.51. The molecular formula is C24H25F2N3O4. The van der Waals surface area contributed by atoms with E-state index in [0.29, 0.717) is 12.8 Å². The van der Waals surface area contributed by atoms with E-state index in [1.54, 1.807) is 0 Å². The number of carbonyl (C=O) groups is 2. The Kier molecular flexibility index (Phi) is 4.91. The summed E-state index contributed by atoms with van der Waals surface area (Å²) < 4.78 is 32.2. The zero-order chi connectivity index (χ0) is 23.7. The number of aliphatic carboxylic acids is 1. The number of aromatic nitrogens is 2. The van der Waals surface area contributed by atoms with Gasteiger partial charge in [-0.3, -0.25) is 19.3 Å². The van der Waals surface area contributed by atoms with Gasteiger partial charge < -0.3 is 9.67 Å². The van der Waals surface area contributed by atoms with Gasteiger partial charge in [-0.15, -0.1) is 0 Å². The van der Waals surface area contributed by atoms with E-state index in [2.05, 4.69) is 4.98 Å². The molecule has 33 heavy (non-hydrogen) atoms. The maximum absolute atomic E-state index is 15.5. The molecule has 0 saturated heterocycles. The zero-order valence-electron chi connectivity index (χ0n) is 18.5. The fourth-order valence-corrected chi connectivity index (χ4v) is 5.48. The number of hydrogen-bond acceptors (Lipinski definition) is 4. The van der Waals surface area contributed by atoms with E-state index in [4.69, 9.17) is 0 Å². The Balaban J connectivity index is 1.64. The van der Waals surface area contributed by atoms with Crippen LogP contribution >= 0.6 is 0 Å². The lowest BCUT2D eigenvalue weighted by Gasteiger charge is -2.23. The fraction of sp³-hybridized carbons (Fsp3) is 0.500. The summed E-state index contributed by atoms with van der Waals surface area (Å²) in [6.07, 6.45) is 6.35. The molecule has 3 aliphatic rings. The van der Waals surface area contributed by atoms with Crippen LogP contribution in [-0.4, -0.2) is 26.5 Å². The standard InChI is InChI=1S/C24H25F2N3O4/c1-24(2)18-19(26)14(12-6-7-12)11-15(25)20(18)29(23(24)33)21-22(32)28(9-8-27-21)16-5-3-4-13(16)10-17(30)31/h8-9,11-13,16H,3-7,10H2,1-2H3,(H,30,31)/t13-,16+/m0/s1. The molecule has 2 aliphatic carbocycles. The molecule has 174 valence electrons. The van der Waals surface area contributed by atoms with Gasteiger partial charge in [0.2, 0.25) is 11.7 Å². The van der Waals surface area contributed by atoms with E-state index in [0.717, 1.165) is 30.2 Å². The molecule has 0 bridgehead atoms. The van der Waals surface area contributed by atoms with E-state index in [9.17, 15) is 19.5 Å². The second-order valence-corrected chi connectivity index (χ2v) is 9.84. The summed E-state index contributed by atoms with van der Waals surface area (Å²) in [6, 6.07) is 0.772. The van der Waals surface area contributed by atoms with E-state index in [1.807, 2.05) is 0 Å². The SMILES string of the molecule is CC1(C)C(=O)N(c2nccn([C@@H]3CCC[C@H]3CC(=O)O)c2=O)c2c(F)cc(C3CC3)c(F)c21. The molecule has 1 amide bonds. The second kappa shape index (κ2) is 7.46. The summed E-state index contributed by atoms with van der Waals surface area (Å²) in [5.41, 5.74) is -2.03. The van der Waals surface area contributed by atoms with Crippen molar-refractivity contribution in [2.45, 2.75) is 69.7 Å². The van der Waals surface area contributed by atoms with Crippen LogP contribution in [0, 0.1) is 17.6 Å². The molecule has 9 heteroatoms. The predicted molar refractivity (Wildman–Crippen MR) is 116 cm³/mol. The van der Waals surface area contributed by atoms with Gasteiger partial charge in [-0.05, 0) is 63.0 Å². The van der Waals surface area contributed by atoms with Crippen LogP contribution in [0.1, 0.15) is 75.5 Å². The van der Waals surface area contributed by atoms with Crippen molar-refractivity contribution in [3.8, 4) is 0 Å². The Morgan fingerprint density at radius 2 is 1.94 bits per heavy atom. The van der Waals surface area contributed by atoms with E-state index in [1.165, 1.54) is 30.8 Å². The largest absolute Gasteiger partial charge is 0.481 e. The number of rotatable bonds is 5. The highest BCUT2D eigenvalue weighted by atomic mass is 19.1. The van der Waals surface area contributed by atoms with Crippen LogP contribution in [0.3, 0.4) is 0 Å². The molecule has 2 fully saturated rings. The Labute approximate surface area is 189 Å². The molecule has 2 aromatic rings. The number of carboxylic acids is 1. The minimum absolute atomic E-state index is 0.0457. The molecule has 1 aromatic carbocycles. The highest BCUT2D eigenvalue weighted by Crippen LogP contribution is 2.51. The molecule has 2 saturated carbocycles. The molecule has 1 aromatic heterocycles. The van der Waals surface area contributed by atoms with E-state index < -0.39 is 34.5 Å². The number of carboxylic acid groups (broad SMARTS) is 1. The second-order valence-electron chi connectivity index (χ2n) is 9.84. The van der Waals surface area contributed by atoms with Crippen LogP contribution in [0.2, 0.25) is 0 Å². The van der Waals surface area contributed by atoms with Gasteiger partial charge in [0.15, 0.2) is 0 Å². The number of anilines is 2. The summed E-state index contributed by atoms with van der Waals surface area (Å²) in [6.45, 7) is 3.05. The third-order valence-corrected chi connectivity index (χ3v) is 7.30. The fourth-order valence-electron chi connectivity index (χ4n) is 5.48. The van der Waals surface area contributed by atoms with Crippen molar-refractivity contribution in [1.82, 2.24) is 9.55 Å². The Morgan fingerprint density at radius 1 is 1.21 bits per heavy atom. The Morgan fingerprint density at radius 3 is 2.61 bits per heavy atom. The first-order valence-electron chi connectivity index (χ1n) is 11.3. The van der Waals surface area contributed by atoms with Crippen molar-refractivity contribution >= 4 is 23.4 Å². The summed E-state index contributed by atoms with van der Waals surface area (Å²) in [5, 5.41) is 9.23. The number of halogens is 2. The maximum Gasteiger partial charge on any atom is 0.303 e. The lowest BCUT2D eigenvalue weighted by atomic mass is 9.84. The van der Waals surface area contributed by atoms with Crippen molar-refractivity contribution in [2.75, 3.05) is 4.90 Å². The van der Waals surface area contributed by atoms with Gasteiger partial charge in [0.05, 0.1) is 17.5 Å². The minimum atomic E-state index is -1.38. The van der Waals surface area contributed by atoms with Crippen LogP contribution in [0.5, 0.6) is 0 Å². The van der Waals surface area contributed by atoms with Crippen LogP contribution in [0.15, 0.2) is 23.3 Å². The highest BCUT2D eigenvalue weighted by molar-refractivity contribution is 6.12. The third kappa shape index (κ3) is 3.28.